The third kappa shape index (κ3) is 4.30. The zero-order valence-corrected chi connectivity index (χ0v) is 19.5. The van der Waals surface area contributed by atoms with Crippen LogP contribution in [0.25, 0.3) is 11.5 Å². The molecule has 0 saturated carbocycles. The molecule has 1 aromatic heterocycles. The lowest BCUT2D eigenvalue weighted by Crippen LogP contribution is -3.11. The van der Waals surface area contributed by atoms with Crippen molar-refractivity contribution >= 4 is 22.2 Å². The average molecular weight is 472 g/mol. The van der Waals surface area contributed by atoms with Crippen LogP contribution in [0.5, 0.6) is 0 Å². The van der Waals surface area contributed by atoms with E-state index in [2.05, 4.69) is 29.4 Å². The van der Waals surface area contributed by atoms with Gasteiger partial charge in [0.05, 0.1) is 11.4 Å². The van der Waals surface area contributed by atoms with Crippen molar-refractivity contribution in [1.82, 2.24) is 14.1 Å². The van der Waals surface area contributed by atoms with Crippen molar-refractivity contribution < 1.29 is 17.7 Å². The first-order valence-corrected chi connectivity index (χ1v) is 12.9. The first-order chi connectivity index (χ1) is 15.5. The minimum absolute atomic E-state index is 0.269. The second-order valence-corrected chi connectivity index (χ2v) is 10.8. The lowest BCUT2D eigenvalue weighted by Gasteiger charge is -2.25. The summed E-state index contributed by atoms with van der Waals surface area (Å²) in [5.41, 5.74) is 3.39. The van der Waals surface area contributed by atoms with E-state index in [9.17, 15) is 8.42 Å². The Balaban J connectivity index is 1.36. The molecular formula is C23H27N4O3S2+. The van der Waals surface area contributed by atoms with Gasteiger partial charge < -0.3 is 9.32 Å². The molecule has 3 aromatic rings. The van der Waals surface area contributed by atoms with Gasteiger partial charge >= 0.3 is 0 Å². The van der Waals surface area contributed by atoms with Gasteiger partial charge in [0.1, 0.15) is 6.54 Å². The Kier molecular flexibility index (Phi) is 5.98. The number of fused-ring (bicyclic) bond motifs is 1. The largest absolute Gasteiger partial charge is 0.409 e. The molecule has 0 radical (unpaired) electrons. The molecule has 0 bridgehead atoms. The first-order valence-electron chi connectivity index (χ1n) is 11.1. The van der Waals surface area contributed by atoms with Crippen LogP contribution < -0.4 is 4.90 Å². The van der Waals surface area contributed by atoms with Gasteiger partial charge in [0.25, 0.3) is 4.84 Å². The number of hydrogen-bond acceptors (Lipinski definition) is 5. The molecule has 0 amide bonds. The van der Waals surface area contributed by atoms with E-state index in [0.29, 0.717) is 36.0 Å². The van der Waals surface area contributed by atoms with Crippen molar-refractivity contribution in [3.63, 3.8) is 0 Å². The summed E-state index contributed by atoms with van der Waals surface area (Å²) in [5, 5.41) is 4.58. The minimum Gasteiger partial charge on any atom is -0.409 e. The molecular weight excluding hydrogens is 444 g/mol. The van der Waals surface area contributed by atoms with Gasteiger partial charge in [0, 0.05) is 30.6 Å². The van der Waals surface area contributed by atoms with Gasteiger partial charge in [-0.3, -0.25) is 0 Å². The summed E-state index contributed by atoms with van der Waals surface area (Å²) in [6, 6.07) is 15.3. The lowest BCUT2D eigenvalue weighted by atomic mass is 10.0. The van der Waals surface area contributed by atoms with Crippen LogP contribution in [-0.2, 0) is 29.7 Å². The molecule has 2 aliphatic heterocycles. The molecule has 168 valence electrons. The van der Waals surface area contributed by atoms with Crippen molar-refractivity contribution in [2.24, 2.45) is 0 Å². The Morgan fingerprint density at radius 3 is 2.62 bits per heavy atom. The number of hydrogen-bond donors (Lipinski definition) is 1. The molecule has 0 aliphatic carbocycles. The van der Waals surface area contributed by atoms with E-state index in [0.717, 1.165) is 38.8 Å². The Morgan fingerprint density at radius 1 is 1.03 bits per heavy atom. The van der Waals surface area contributed by atoms with Gasteiger partial charge in [-0.2, -0.15) is 8.99 Å². The molecule has 32 heavy (non-hydrogen) atoms. The topological polar surface area (TPSA) is 72.8 Å². The number of benzene rings is 2. The van der Waals surface area contributed by atoms with E-state index in [4.69, 9.17) is 16.6 Å². The number of aromatic nitrogens is 2. The van der Waals surface area contributed by atoms with Gasteiger partial charge in [0.2, 0.25) is 15.9 Å². The predicted octanol–water partition coefficient (Wildman–Crippen LogP) is 2.65. The second-order valence-electron chi connectivity index (χ2n) is 8.52. The van der Waals surface area contributed by atoms with Crippen LogP contribution in [0, 0.1) is 4.84 Å². The number of sulfonamides is 1. The zero-order chi connectivity index (χ0) is 22.1. The molecule has 9 heteroatoms. The maximum atomic E-state index is 13.1. The minimum atomic E-state index is -3.52. The fraction of sp³-hybridized carbons (Fsp3) is 0.391. The van der Waals surface area contributed by atoms with Crippen LogP contribution >= 0.6 is 12.2 Å². The highest BCUT2D eigenvalue weighted by molar-refractivity contribution is 7.89. The third-order valence-electron chi connectivity index (χ3n) is 6.32. The average Bonchev–Trinajstić information content (AvgIpc) is 3.20. The van der Waals surface area contributed by atoms with Crippen molar-refractivity contribution in [3.8, 4) is 11.5 Å². The molecule has 5 rings (SSSR count). The summed E-state index contributed by atoms with van der Waals surface area (Å²) >= 11 is 5.42. The van der Waals surface area contributed by atoms with Gasteiger partial charge in [-0.1, -0.05) is 36.8 Å². The normalized spacial score (nSPS) is 19.6. The molecule has 1 N–H and O–H groups in total. The summed E-state index contributed by atoms with van der Waals surface area (Å²) in [5.74, 6) is 0.350. The lowest BCUT2D eigenvalue weighted by molar-refractivity contribution is -0.939. The van der Waals surface area contributed by atoms with E-state index < -0.39 is 10.0 Å². The van der Waals surface area contributed by atoms with Crippen molar-refractivity contribution in [3.05, 3.63) is 64.5 Å². The van der Waals surface area contributed by atoms with E-state index in [-0.39, 0.29) is 4.90 Å². The quantitative estimate of drug-likeness (QED) is 0.579. The number of nitrogens with zero attached hydrogens (tertiary/aromatic N) is 3. The van der Waals surface area contributed by atoms with E-state index in [1.807, 2.05) is 6.07 Å². The molecule has 1 atom stereocenters. The summed E-state index contributed by atoms with van der Waals surface area (Å²) < 4.78 is 35.2. The van der Waals surface area contributed by atoms with Crippen LogP contribution in [0.1, 0.15) is 30.4 Å². The third-order valence-corrected chi connectivity index (χ3v) is 8.51. The molecule has 2 aromatic carbocycles. The van der Waals surface area contributed by atoms with Crippen molar-refractivity contribution in [2.75, 3.05) is 19.6 Å². The van der Waals surface area contributed by atoms with Crippen LogP contribution in [0.4, 0.5) is 0 Å². The Morgan fingerprint density at radius 2 is 1.81 bits per heavy atom. The maximum absolute atomic E-state index is 13.1. The predicted molar refractivity (Wildman–Crippen MR) is 123 cm³/mol. The summed E-state index contributed by atoms with van der Waals surface area (Å²) in [7, 11) is -3.52. The number of rotatable bonds is 5. The van der Waals surface area contributed by atoms with Crippen LogP contribution in [0.2, 0.25) is 0 Å². The molecule has 2 aliphatic rings. The highest BCUT2D eigenvalue weighted by Crippen LogP contribution is 2.25. The standard InChI is InChI=1S/C23H26N4O3S2/c28-32(29,26-12-4-1-5-13-26)21-10-6-9-19(15-21)22-24-27(23(31)30-22)17-25-14-11-18-7-2-3-8-20(18)16-25/h2-3,6-10,15H,1,4-5,11-14,16-17H2/p+1. The molecule has 7 nitrogen and oxygen atoms in total. The summed E-state index contributed by atoms with van der Waals surface area (Å²) in [4.78, 5) is 1.93. The van der Waals surface area contributed by atoms with Crippen LogP contribution in [0.3, 0.4) is 0 Å². The highest BCUT2D eigenvalue weighted by atomic mass is 32.2. The second kappa shape index (κ2) is 8.90. The van der Waals surface area contributed by atoms with Gasteiger partial charge in [-0.05, 0) is 48.8 Å². The molecule has 1 saturated heterocycles. The number of nitrogens with one attached hydrogen (secondary N) is 1. The monoisotopic (exact) mass is 471 g/mol. The fourth-order valence-corrected chi connectivity index (χ4v) is 6.30. The number of piperidine rings is 1. The smallest absolute Gasteiger partial charge is 0.292 e. The molecule has 1 fully saturated rings. The maximum Gasteiger partial charge on any atom is 0.292 e. The van der Waals surface area contributed by atoms with Gasteiger partial charge in [-0.15, -0.1) is 5.10 Å². The van der Waals surface area contributed by atoms with Gasteiger partial charge in [0.15, 0.2) is 6.67 Å². The molecule has 3 heterocycles. The fourth-order valence-electron chi connectivity index (χ4n) is 4.56. The van der Waals surface area contributed by atoms with Crippen LogP contribution in [0.15, 0.2) is 57.8 Å². The number of quaternary nitrogens is 1. The Labute approximate surface area is 193 Å². The van der Waals surface area contributed by atoms with Gasteiger partial charge in [-0.25, -0.2) is 8.42 Å². The highest BCUT2D eigenvalue weighted by Gasteiger charge is 2.27. The summed E-state index contributed by atoms with van der Waals surface area (Å²) in [6.45, 7) is 3.68. The SMILES string of the molecule is O=S(=O)(c1cccc(-c2nn(C[NH+]3CCc4ccccc4C3)c(=S)o2)c1)N1CCCCC1. The van der Waals surface area contributed by atoms with Crippen LogP contribution in [-0.4, -0.2) is 42.1 Å². The van der Waals surface area contributed by atoms with Crippen molar-refractivity contribution in [2.45, 2.75) is 43.8 Å². The summed E-state index contributed by atoms with van der Waals surface area (Å²) in [6.07, 6.45) is 3.91. The van der Waals surface area contributed by atoms with E-state index in [1.54, 1.807) is 27.2 Å². The molecule has 0 spiro atoms. The van der Waals surface area contributed by atoms with Crippen molar-refractivity contribution in [1.29, 1.82) is 0 Å². The zero-order valence-electron chi connectivity index (χ0n) is 17.9. The van der Waals surface area contributed by atoms with E-state index >= 15 is 0 Å². The Hall–Kier alpha value is -2.33. The Bertz CT molecular complexity index is 1280. The molecule has 1 unspecified atom stereocenters. The first kappa shape index (κ1) is 21.5. The van der Waals surface area contributed by atoms with E-state index in [1.165, 1.54) is 16.0 Å².